The number of carbonyl (C=O) groups is 6. The standard InChI is InChI=1S/2C24H29ClN6O3.C23H26ClN7O.C22H25ClN6O2.4C2H6/c2*1-29-11-8-19(22(29)32)34-20-13-15-12-16(6-7-18(15)30(2)23(20)33)27-21-17(25)14-26-24(28-21)31-9-4-3-5-10-31;1-29-20-7-6-18(13-16(20)12-17(22(29)32)15-31-11-5-8-26-31)27-21-19(24)14-25-23(28-21)30-9-3-2-4-10-30;1-24-19(30)12-15-10-14-11-16(6-7-18(14)28(2)21(15)31)26-20-17(23)13-25-22(27-20)29-8-4-3-5-9-29;4*1-2/h2*6-7,12-15,18-19H,3-5,8-11H2,1-2H3,(H,26,27,28);5-8,11-14,16,20H,2-4,9-10,15H2,1H3,(H,25,27,28);6-7,10-11,13H,3-5,8-9,12H2,1-2H3,(H,24,30)(H,25,26,27);4*1-2H3/t15?,18?,19-;;;;;;;/m1......./s1. The Bertz CT molecular complexity index is 5670. The highest BCUT2D eigenvalue weighted by Crippen LogP contribution is 2.39. The van der Waals surface area contributed by atoms with Crippen molar-refractivity contribution in [1.82, 2.24) is 84.0 Å². The molecule has 7 aromatic rings. The molecule has 6 amide bonds. The lowest BCUT2D eigenvalue weighted by molar-refractivity contribution is -0.140. The number of piperidine rings is 4. The van der Waals surface area contributed by atoms with E-state index in [0.29, 0.717) is 105 Å². The van der Waals surface area contributed by atoms with Gasteiger partial charge in [-0.15, -0.1) is 0 Å². The molecule has 38 heteroatoms. The Kier molecular flexibility index (Phi) is 38.3. The summed E-state index contributed by atoms with van der Waals surface area (Å²) in [5.74, 6) is 4.42. The number of hydrogen-bond donors (Lipinski definition) is 5. The number of pyridine rings is 1. The first-order chi connectivity index (χ1) is 67.3. The van der Waals surface area contributed by atoms with Crippen molar-refractivity contribution in [1.29, 1.82) is 0 Å². The number of allylic oxidation sites excluding steroid dienone is 3. The van der Waals surface area contributed by atoms with Gasteiger partial charge in [0, 0.05) is 197 Å². The minimum absolute atomic E-state index is 0.0146. The van der Waals surface area contributed by atoms with Crippen LogP contribution in [0.5, 0.6) is 0 Å². The van der Waals surface area contributed by atoms with Crippen LogP contribution in [0.4, 0.5) is 52.8 Å². The maximum absolute atomic E-state index is 12.9. The summed E-state index contributed by atoms with van der Waals surface area (Å²) in [6.07, 6.45) is 47.8. The molecule has 7 unspecified atom stereocenters. The first kappa shape index (κ1) is 105. The van der Waals surface area contributed by atoms with Gasteiger partial charge in [-0.3, -0.25) is 38.2 Å². The zero-order valence-electron chi connectivity index (χ0n) is 82.4. The van der Waals surface area contributed by atoms with Crippen molar-refractivity contribution < 1.29 is 38.2 Å². The number of rotatable bonds is 20. The van der Waals surface area contributed by atoms with Crippen molar-refractivity contribution in [3.8, 4) is 0 Å². The van der Waals surface area contributed by atoms with Crippen molar-refractivity contribution in [3.63, 3.8) is 0 Å². The van der Waals surface area contributed by atoms with Gasteiger partial charge in [-0.1, -0.05) is 144 Å². The van der Waals surface area contributed by atoms with Crippen LogP contribution in [-0.2, 0) is 58.3 Å². The smallest absolute Gasteiger partial charge is 0.288 e. The molecule has 34 nitrogen and oxygen atoms in total. The van der Waals surface area contributed by atoms with Gasteiger partial charge in [0.2, 0.25) is 29.7 Å². The van der Waals surface area contributed by atoms with Crippen molar-refractivity contribution in [2.24, 2.45) is 24.8 Å². The quantitative estimate of drug-likeness (QED) is 0.0473. The van der Waals surface area contributed by atoms with E-state index >= 15 is 0 Å². The summed E-state index contributed by atoms with van der Waals surface area (Å²) in [7, 11) is 12.1. The van der Waals surface area contributed by atoms with E-state index in [4.69, 9.17) is 60.9 Å². The summed E-state index contributed by atoms with van der Waals surface area (Å²) in [6.45, 7) is 25.3. The Hall–Kier alpha value is -12.4. The average molecular weight is 1980 g/mol. The second-order valence-corrected chi connectivity index (χ2v) is 36.1. The fourth-order valence-corrected chi connectivity index (χ4v) is 18.6. The van der Waals surface area contributed by atoms with E-state index in [2.05, 4.69) is 92.2 Å². The lowest BCUT2D eigenvalue weighted by atomic mass is 9.87. The van der Waals surface area contributed by atoms with E-state index < -0.39 is 12.2 Å². The van der Waals surface area contributed by atoms with Crippen molar-refractivity contribution in [3.05, 3.63) is 211 Å². The van der Waals surface area contributed by atoms with E-state index in [1.165, 1.54) is 25.7 Å². The number of amides is 6. The van der Waals surface area contributed by atoms with Gasteiger partial charge in [-0.05, 0) is 138 Å². The van der Waals surface area contributed by atoms with Crippen LogP contribution in [-0.4, -0.2) is 252 Å². The Morgan fingerprint density at radius 2 is 0.799 bits per heavy atom. The highest BCUT2D eigenvalue weighted by molar-refractivity contribution is 6.34. The number of carbonyl (C=O) groups excluding carboxylic acids is 6. The Balaban J connectivity index is 0.000000162. The van der Waals surface area contributed by atoms with Crippen LogP contribution in [0.3, 0.4) is 0 Å². The maximum Gasteiger partial charge on any atom is 0.288 e. The molecular weight excluding hydrogens is 1850 g/mol. The van der Waals surface area contributed by atoms with Gasteiger partial charge in [0.15, 0.2) is 47.0 Å². The number of aromatic nitrogens is 11. The summed E-state index contributed by atoms with van der Waals surface area (Å²) in [5, 5.41) is 22.7. The number of ether oxygens (including phenoxy) is 2. The topological polar surface area (TPSA) is 353 Å². The molecular formula is C101H133Cl4N25O9. The van der Waals surface area contributed by atoms with E-state index in [9.17, 15) is 33.6 Å². The highest BCUT2D eigenvalue weighted by Gasteiger charge is 2.42. The SMILES string of the molecule is CC.CC.CC.CC.CN1C(=O)C(Cn2cccn2)=CC2C=C(Nc3nc(N4CCCCC4)ncc3Cl)C=CC21.CN1CCC(OC2=CC3C=C(Nc4nc(N5CCCCC5)ncc4Cl)C=CC3N(C)C2=O)C1=O.CN1CC[C@@H](OC2=CC3C=C(Nc4nc(N5CCCCC5)ncc4Cl)C=CC3N(C)C2=O)C1=O.CNC(=O)Cc1cc2cc(Nc3nc(N4CCCCC4)ncc3Cl)ccc2n(C)c1=O. The third-order valence-corrected chi connectivity index (χ3v) is 26.6. The molecule has 6 saturated heterocycles. The summed E-state index contributed by atoms with van der Waals surface area (Å²) in [5.41, 5.74) is 5.09. The number of fused-ring (bicyclic) bond motifs is 4. The van der Waals surface area contributed by atoms with Gasteiger partial charge in [-0.2, -0.15) is 25.0 Å². The second-order valence-electron chi connectivity index (χ2n) is 34.5. The van der Waals surface area contributed by atoms with Crippen molar-refractivity contribution in [2.75, 3.05) is 149 Å². The molecule has 0 radical (unpaired) electrons. The van der Waals surface area contributed by atoms with Crippen LogP contribution in [0.15, 0.2) is 179 Å². The zero-order valence-corrected chi connectivity index (χ0v) is 85.4. The second kappa shape index (κ2) is 50.4. The van der Waals surface area contributed by atoms with Crippen LogP contribution in [0.1, 0.15) is 151 Å². The average Bonchev–Trinajstić information content (AvgIpc) is 1.31. The molecule has 139 heavy (non-hydrogen) atoms. The molecule has 0 saturated carbocycles. The maximum atomic E-state index is 12.9. The minimum atomic E-state index is -0.612. The largest absolute Gasteiger partial charge is 0.475 e. The Labute approximate surface area is 835 Å². The normalized spacial score (nSPS) is 21.7. The number of benzene rings is 1. The molecule has 6 fully saturated rings. The van der Waals surface area contributed by atoms with Crippen molar-refractivity contribution in [2.45, 2.75) is 189 Å². The predicted octanol–water partition coefficient (Wildman–Crippen LogP) is 15.5. The number of likely N-dealkylation sites (tertiary alicyclic amines) is 2. The van der Waals surface area contributed by atoms with Crippen LogP contribution in [0.25, 0.3) is 10.9 Å². The molecule has 0 bridgehead atoms. The number of hydrogen-bond acceptors (Lipinski definition) is 26. The first-order valence-electron chi connectivity index (χ1n) is 48.8. The van der Waals surface area contributed by atoms with Gasteiger partial charge >= 0.3 is 0 Å². The lowest BCUT2D eigenvalue weighted by Gasteiger charge is -2.37. The van der Waals surface area contributed by atoms with Gasteiger partial charge in [0.05, 0.1) is 61.4 Å². The van der Waals surface area contributed by atoms with E-state index in [1.807, 2.05) is 160 Å². The number of aryl methyl sites for hydroxylation is 1. The number of anilines is 9. The minimum Gasteiger partial charge on any atom is -0.475 e. The van der Waals surface area contributed by atoms with Gasteiger partial charge < -0.3 is 84.7 Å². The number of likely N-dealkylation sites (N-methyl/N-ethyl adjacent to an activating group) is 6. The molecule has 6 aromatic heterocycles. The van der Waals surface area contributed by atoms with Crippen LogP contribution in [0, 0.1) is 17.8 Å². The Morgan fingerprint density at radius 1 is 0.439 bits per heavy atom. The molecule has 19 rings (SSSR count). The van der Waals surface area contributed by atoms with E-state index in [1.54, 1.807) is 113 Å². The lowest BCUT2D eigenvalue weighted by Crippen LogP contribution is -2.46. The fourth-order valence-electron chi connectivity index (χ4n) is 18.0. The highest BCUT2D eigenvalue weighted by atomic mass is 35.5. The third-order valence-electron chi connectivity index (χ3n) is 25.4. The Morgan fingerprint density at radius 3 is 1.14 bits per heavy atom. The van der Waals surface area contributed by atoms with Gasteiger partial charge in [0.25, 0.3) is 35.1 Å². The van der Waals surface area contributed by atoms with Gasteiger partial charge in [0.1, 0.15) is 20.1 Å². The molecule has 0 spiro atoms. The molecule has 9 aliphatic heterocycles. The van der Waals surface area contributed by atoms with Gasteiger partial charge in [-0.25, -0.2) is 19.9 Å². The predicted molar refractivity (Wildman–Crippen MR) is 551 cm³/mol. The third kappa shape index (κ3) is 26.2. The summed E-state index contributed by atoms with van der Waals surface area (Å²) >= 11 is 25.6. The molecule has 5 N–H and O–H groups in total. The molecule has 3 aliphatic carbocycles. The van der Waals surface area contributed by atoms with Crippen molar-refractivity contribution >= 4 is 146 Å². The zero-order chi connectivity index (χ0) is 99.7. The summed E-state index contributed by atoms with van der Waals surface area (Å²) in [6, 6.07) is 9.01. The molecule has 12 aliphatic rings. The molecule has 15 heterocycles. The molecule has 8 atom stereocenters. The first-order valence-corrected chi connectivity index (χ1v) is 50.3. The van der Waals surface area contributed by atoms with Crippen LogP contribution in [0.2, 0.25) is 20.1 Å². The monoisotopic (exact) mass is 1980 g/mol. The van der Waals surface area contributed by atoms with E-state index in [-0.39, 0.29) is 94.8 Å². The van der Waals surface area contributed by atoms with E-state index in [0.717, 1.165) is 143 Å². The number of nitrogens with zero attached hydrogens (tertiary/aromatic N) is 20. The fraction of sp³-hybridized carbons (Fsp3) is 0.485. The van der Waals surface area contributed by atoms with Crippen LogP contribution < -0.4 is 51.7 Å². The summed E-state index contributed by atoms with van der Waals surface area (Å²) in [4.78, 5) is 141. The summed E-state index contributed by atoms with van der Waals surface area (Å²) < 4.78 is 15.1. The number of nitrogens with one attached hydrogen (secondary N) is 5. The van der Waals surface area contributed by atoms with Crippen LogP contribution >= 0.6 is 46.4 Å². The molecule has 744 valence electrons. The molecule has 1 aromatic carbocycles. The number of halogens is 4.